The van der Waals surface area contributed by atoms with Gasteiger partial charge < -0.3 is 14.5 Å². The summed E-state index contributed by atoms with van der Waals surface area (Å²) < 4.78 is 13.6. The van der Waals surface area contributed by atoms with Gasteiger partial charge in [0.2, 0.25) is 0 Å². The van der Waals surface area contributed by atoms with Crippen molar-refractivity contribution in [1.82, 2.24) is 30.1 Å². The topological polar surface area (TPSA) is 98.2 Å². The zero-order chi connectivity index (χ0) is 27.5. The summed E-state index contributed by atoms with van der Waals surface area (Å²) in [6.45, 7) is 4.15. The number of fused-ring (bicyclic) bond motifs is 1. The van der Waals surface area contributed by atoms with Gasteiger partial charge in [-0.05, 0) is 89.4 Å². The van der Waals surface area contributed by atoms with Crippen LogP contribution in [0.15, 0.2) is 53.3 Å². The second-order valence-corrected chi connectivity index (χ2v) is 11.1. The molecular formula is C31H38N6O3. The van der Waals surface area contributed by atoms with Crippen LogP contribution < -0.4 is 10.3 Å². The minimum atomic E-state index is -0.454. The third-order valence-corrected chi connectivity index (χ3v) is 8.42. The molecule has 0 radical (unpaired) electrons. The molecule has 2 atom stereocenters. The van der Waals surface area contributed by atoms with Crippen molar-refractivity contribution < 1.29 is 9.47 Å². The lowest BCUT2D eigenvalue weighted by Crippen LogP contribution is -2.39. The summed E-state index contributed by atoms with van der Waals surface area (Å²) in [5.74, 6) is 1.52. The lowest BCUT2D eigenvalue weighted by atomic mass is 10.00. The first-order chi connectivity index (χ1) is 19.6. The molecule has 2 aromatic heterocycles. The molecule has 1 saturated carbocycles. The number of hydrogen-bond donors (Lipinski definition) is 1. The van der Waals surface area contributed by atoms with Crippen LogP contribution in [0.5, 0.6) is 5.75 Å². The number of methoxy groups -OCH3 is 1. The van der Waals surface area contributed by atoms with Crippen molar-refractivity contribution >= 4 is 10.9 Å². The van der Waals surface area contributed by atoms with E-state index in [-0.39, 0.29) is 17.7 Å². The highest BCUT2D eigenvalue weighted by Gasteiger charge is 2.35. The number of aryl methyl sites for hydroxylation is 1. The summed E-state index contributed by atoms with van der Waals surface area (Å²) >= 11 is 0. The number of benzene rings is 2. The van der Waals surface area contributed by atoms with E-state index in [4.69, 9.17) is 9.47 Å². The molecule has 210 valence electrons. The van der Waals surface area contributed by atoms with E-state index in [1.165, 1.54) is 5.56 Å². The molecule has 0 bridgehead atoms. The third-order valence-electron chi connectivity index (χ3n) is 8.42. The molecule has 1 aliphatic heterocycles. The molecule has 40 heavy (non-hydrogen) atoms. The number of ether oxygens (including phenoxy) is 2. The van der Waals surface area contributed by atoms with Gasteiger partial charge in [-0.15, -0.1) is 5.10 Å². The maximum Gasteiger partial charge on any atom is 0.253 e. The van der Waals surface area contributed by atoms with Gasteiger partial charge in [-0.3, -0.25) is 9.69 Å². The van der Waals surface area contributed by atoms with Crippen molar-refractivity contribution in [3.63, 3.8) is 0 Å². The standard InChI is InChI=1S/C31H38N6O3/c1-3-21-13-14-28-23(16-21)18-27(31(38)32-28)29(30-33-34-35-37(30)24-9-4-5-10-24)36(20-26-12-7-15-40-26)19-22-8-6-11-25(17-22)39-2/h6,8,11,13-14,16-18,24,26,29H,3-5,7,9-10,12,15,19-20H2,1-2H3,(H,32,38)/t26-,29+/m1/s1. The second-order valence-electron chi connectivity index (χ2n) is 11.1. The number of hydrogen-bond acceptors (Lipinski definition) is 7. The Balaban J connectivity index is 1.51. The summed E-state index contributed by atoms with van der Waals surface area (Å²) in [7, 11) is 1.68. The van der Waals surface area contributed by atoms with E-state index in [2.05, 4.69) is 56.6 Å². The Morgan fingerprint density at radius 1 is 1.10 bits per heavy atom. The molecule has 3 heterocycles. The highest BCUT2D eigenvalue weighted by Crippen LogP contribution is 2.35. The molecule has 0 amide bonds. The van der Waals surface area contributed by atoms with Crippen LogP contribution in [-0.2, 0) is 17.7 Å². The molecule has 2 aromatic carbocycles. The van der Waals surface area contributed by atoms with Gasteiger partial charge in [0.05, 0.1) is 19.3 Å². The van der Waals surface area contributed by atoms with Crippen molar-refractivity contribution in [1.29, 1.82) is 0 Å². The van der Waals surface area contributed by atoms with Crippen LogP contribution in [0.1, 0.15) is 80.0 Å². The van der Waals surface area contributed by atoms with Crippen LogP contribution in [0, 0.1) is 0 Å². The molecule has 1 saturated heterocycles. The predicted molar refractivity (Wildman–Crippen MR) is 153 cm³/mol. The van der Waals surface area contributed by atoms with Crippen molar-refractivity contribution in [3.8, 4) is 5.75 Å². The van der Waals surface area contributed by atoms with E-state index in [9.17, 15) is 4.79 Å². The molecule has 1 N–H and O–H groups in total. The Hall–Kier alpha value is -3.56. The molecule has 9 nitrogen and oxygen atoms in total. The van der Waals surface area contributed by atoms with Crippen molar-refractivity contribution in [2.45, 2.75) is 76.6 Å². The molecule has 4 aromatic rings. The first kappa shape index (κ1) is 26.7. The van der Waals surface area contributed by atoms with Crippen molar-refractivity contribution in [2.75, 3.05) is 20.3 Å². The Labute approximate surface area is 234 Å². The highest BCUT2D eigenvalue weighted by molar-refractivity contribution is 5.80. The monoisotopic (exact) mass is 542 g/mol. The van der Waals surface area contributed by atoms with Gasteiger partial charge in [-0.25, -0.2) is 4.68 Å². The van der Waals surface area contributed by atoms with Gasteiger partial charge in [-0.1, -0.05) is 38.0 Å². The Kier molecular flexibility index (Phi) is 7.93. The minimum absolute atomic E-state index is 0.0788. The number of aromatic amines is 1. The number of nitrogens with one attached hydrogen (secondary N) is 1. The zero-order valence-corrected chi connectivity index (χ0v) is 23.4. The lowest BCUT2D eigenvalue weighted by molar-refractivity contribution is 0.0569. The quantitative estimate of drug-likeness (QED) is 0.302. The number of pyridine rings is 1. The average molecular weight is 543 g/mol. The summed E-state index contributed by atoms with van der Waals surface area (Å²) in [6.07, 6.45) is 7.44. The molecule has 2 fully saturated rings. The van der Waals surface area contributed by atoms with Gasteiger partial charge >= 0.3 is 0 Å². The van der Waals surface area contributed by atoms with E-state index in [1.807, 2.05) is 28.9 Å². The summed E-state index contributed by atoms with van der Waals surface area (Å²) in [5, 5.41) is 14.2. The average Bonchev–Trinajstić information content (AvgIpc) is 3.77. The molecule has 0 spiro atoms. The highest BCUT2D eigenvalue weighted by atomic mass is 16.5. The van der Waals surface area contributed by atoms with Crippen LogP contribution >= 0.6 is 0 Å². The zero-order valence-electron chi connectivity index (χ0n) is 23.4. The van der Waals surface area contributed by atoms with Crippen LogP contribution in [0.2, 0.25) is 0 Å². The number of aromatic nitrogens is 5. The van der Waals surface area contributed by atoms with Gasteiger partial charge in [-0.2, -0.15) is 0 Å². The van der Waals surface area contributed by atoms with Crippen molar-refractivity contribution in [3.05, 3.63) is 81.4 Å². The van der Waals surface area contributed by atoms with E-state index in [0.29, 0.717) is 24.5 Å². The Morgan fingerprint density at radius 3 is 2.75 bits per heavy atom. The van der Waals surface area contributed by atoms with E-state index < -0.39 is 6.04 Å². The normalized spacial score (nSPS) is 18.6. The number of nitrogens with zero attached hydrogens (tertiary/aromatic N) is 5. The Morgan fingerprint density at radius 2 is 1.98 bits per heavy atom. The van der Waals surface area contributed by atoms with E-state index in [1.54, 1.807) is 7.11 Å². The molecule has 0 unspecified atom stereocenters. The maximum atomic E-state index is 13.8. The SMILES string of the molecule is CCc1ccc2[nH]c(=O)c([C@@H](c3nnnn3C3CCCC3)N(Cc3cccc(OC)c3)C[C@H]3CCCO3)cc2c1. The fraction of sp³-hybridized carbons (Fsp3) is 0.484. The summed E-state index contributed by atoms with van der Waals surface area (Å²) in [4.78, 5) is 19.3. The number of tetrazole rings is 1. The lowest BCUT2D eigenvalue weighted by Gasteiger charge is -2.33. The van der Waals surface area contributed by atoms with E-state index in [0.717, 1.165) is 73.8 Å². The van der Waals surface area contributed by atoms with Crippen LogP contribution in [-0.4, -0.2) is 56.5 Å². The first-order valence-corrected chi connectivity index (χ1v) is 14.5. The molecule has 1 aliphatic carbocycles. The van der Waals surface area contributed by atoms with Gasteiger partial charge in [0.25, 0.3) is 5.56 Å². The molecular weight excluding hydrogens is 504 g/mol. The molecule has 2 aliphatic rings. The largest absolute Gasteiger partial charge is 0.497 e. The minimum Gasteiger partial charge on any atom is -0.497 e. The fourth-order valence-electron chi connectivity index (χ4n) is 6.30. The number of rotatable bonds is 10. The van der Waals surface area contributed by atoms with Gasteiger partial charge in [0, 0.05) is 30.8 Å². The van der Waals surface area contributed by atoms with Crippen LogP contribution in [0.25, 0.3) is 10.9 Å². The van der Waals surface area contributed by atoms with Crippen LogP contribution in [0.3, 0.4) is 0 Å². The number of H-pyrrole nitrogens is 1. The third kappa shape index (κ3) is 5.53. The van der Waals surface area contributed by atoms with Crippen molar-refractivity contribution in [2.24, 2.45) is 0 Å². The van der Waals surface area contributed by atoms with Crippen LogP contribution in [0.4, 0.5) is 0 Å². The first-order valence-electron chi connectivity index (χ1n) is 14.5. The van der Waals surface area contributed by atoms with E-state index >= 15 is 0 Å². The predicted octanol–water partition coefficient (Wildman–Crippen LogP) is 4.97. The van der Waals surface area contributed by atoms with Gasteiger partial charge in [0.15, 0.2) is 5.82 Å². The molecule has 9 heteroatoms. The second kappa shape index (κ2) is 11.9. The Bertz CT molecular complexity index is 1500. The van der Waals surface area contributed by atoms with Gasteiger partial charge in [0.1, 0.15) is 11.8 Å². The summed E-state index contributed by atoms with van der Waals surface area (Å²) in [6, 6.07) is 16.2. The summed E-state index contributed by atoms with van der Waals surface area (Å²) in [5.41, 5.74) is 3.68. The smallest absolute Gasteiger partial charge is 0.253 e. The fourth-order valence-corrected chi connectivity index (χ4v) is 6.30. The molecule has 6 rings (SSSR count). The maximum absolute atomic E-state index is 13.8.